The average molecular weight is 565 g/mol. The number of hydrogen-bond acceptors (Lipinski definition) is 5. The van der Waals surface area contributed by atoms with Crippen molar-refractivity contribution in [3.8, 4) is 6.07 Å². The van der Waals surface area contributed by atoms with E-state index >= 15 is 0 Å². The topological polar surface area (TPSA) is 96.3 Å². The van der Waals surface area contributed by atoms with Crippen LogP contribution in [0.25, 0.3) is 0 Å². The van der Waals surface area contributed by atoms with Gasteiger partial charge in [-0.25, -0.2) is 4.79 Å². The van der Waals surface area contributed by atoms with E-state index in [0.717, 1.165) is 50.5 Å². The predicted octanol–water partition coefficient (Wildman–Crippen LogP) is 7.87. The Morgan fingerprint density at radius 3 is 2.32 bits per heavy atom. The Labute approximate surface area is 247 Å². The number of ether oxygens (including phenoxy) is 1. The van der Waals surface area contributed by atoms with Gasteiger partial charge < -0.3 is 10.1 Å². The molecule has 41 heavy (non-hydrogen) atoms. The largest absolute Gasteiger partial charge is 0.447 e. The van der Waals surface area contributed by atoms with Crippen LogP contribution >= 0.6 is 0 Å². The SMILES string of the molecule is CC(C)OC(=O)N[C@]1(CC[C@]2(C)CC(=O)C=C3[C@@]4(C)C=C(C#N)C(=O)C(C)(C)[C@@H]4CC[C@]32C)CCC(C)(C)CC1C. The fourth-order valence-corrected chi connectivity index (χ4v) is 9.49. The molecule has 2 saturated carbocycles. The molecule has 0 bridgehead atoms. The van der Waals surface area contributed by atoms with Gasteiger partial charge in [0.05, 0.1) is 11.7 Å². The lowest BCUT2D eigenvalue weighted by molar-refractivity contribution is -0.133. The lowest BCUT2D eigenvalue weighted by Gasteiger charge is -2.63. The molecule has 1 amide bonds. The molecule has 0 spiro atoms. The van der Waals surface area contributed by atoms with Gasteiger partial charge >= 0.3 is 6.09 Å². The number of amides is 1. The first-order chi connectivity index (χ1) is 18.8. The van der Waals surface area contributed by atoms with Crippen molar-refractivity contribution in [3.63, 3.8) is 0 Å². The summed E-state index contributed by atoms with van der Waals surface area (Å²) in [5, 5.41) is 13.2. The zero-order chi connectivity index (χ0) is 30.8. The van der Waals surface area contributed by atoms with Crippen LogP contribution in [-0.2, 0) is 14.3 Å². The number of fused-ring (bicyclic) bond motifs is 3. The first kappa shape index (κ1) is 31.5. The standard InChI is InChI=1S/C35H52N2O4/c1-22(2)41-29(40)37-35(15-13-30(4,5)18-23(35)3)16-14-32(8)20-25(38)17-27-33(9)19-24(21-36)28(39)31(6,7)26(33)11-12-34(27,32)10/h17,19,22-23,26H,11-16,18,20H2,1-10H3,(H,37,40)/t23?,26-,32+,33-,34+,35-/m0/s1. The van der Waals surface area contributed by atoms with Crippen LogP contribution in [-0.4, -0.2) is 29.3 Å². The van der Waals surface area contributed by atoms with Crippen LogP contribution in [0.1, 0.15) is 121 Å². The van der Waals surface area contributed by atoms with Gasteiger partial charge in [0.25, 0.3) is 0 Å². The Morgan fingerprint density at radius 2 is 1.73 bits per heavy atom. The summed E-state index contributed by atoms with van der Waals surface area (Å²) in [6.45, 7) is 21.2. The van der Waals surface area contributed by atoms with Gasteiger partial charge in [-0.15, -0.1) is 0 Å². The van der Waals surface area contributed by atoms with E-state index in [9.17, 15) is 19.6 Å². The summed E-state index contributed by atoms with van der Waals surface area (Å²) in [7, 11) is 0. The van der Waals surface area contributed by atoms with Crippen LogP contribution in [0.3, 0.4) is 0 Å². The van der Waals surface area contributed by atoms with E-state index in [1.807, 2.05) is 39.8 Å². The van der Waals surface area contributed by atoms with Crippen LogP contribution < -0.4 is 5.32 Å². The van der Waals surface area contributed by atoms with Gasteiger partial charge in [-0.05, 0) is 93.0 Å². The lowest BCUT2D eigenvalue weighted by Crippen LogP contribution is -2.59. The van der Waals surface area contributed by atoms with Crippen LogP contribution in [0.2, 0.25) is 0 Å². The minimum absolute atomic E-state index is 0.0217. The van der Waals surface area contributed by atoms with Crippen LogP contribution in [0.15, 0.2) is 23.3 Å². The molecular formula is C35H52N2O4. The molecule has 0 heterocycles. The quantitative estimate of drug-likeness (QED) is 0.366. The summed E-state index contributed by atoms with van der Waals surface area (Å²) in [6.07, 6.45) is 9.83. The summed E-state index contributed by atoms with van der Waals surface area (Å²) in [6, 6.07) is 2.17. The molecule has 1 N–H and O–H groups in total. The van der Waals surface area contributed by atoms with Crippen molar-refractivity contribution in [3.05, 3.63) is 23.3 Å². The molecule has 0 saturated heterocycles. The molecule has 226 valence electrons. The number of nitriles is 1. The number of ketones is 2. The van der Waals surface area contributed by atoms with Gasteiger partial charge in [-0.3, -0.25) is 9.59 Å². The third kappa shape index (κ3) is 5.10. The monoisotopic (exact) mass is 564 g/mol. The van der Waals surface area contributed by atoms with Crippen molar-refractivity contribution in [1.29, 1.82) is 5.26 Å². The van der Waals surface area contributed by atoms with Crippen LogP contribution in [0.4, 0.5) is 4.79 Å². The Bertz CT molecular complexity index is 1230. The molecule has 2 fully saturated rings. The van der Waals surface area contributed by atoms with E-state index in [2.05, 4.69) is 52.9 Å². The number of alkyl carbamates (subject to hydrolysis) is 1. The number of nitrogens with one attached hydrogen (secondary N) is 1. The maximum atomic E-state index is 13.5. The Morgan fingerprint density at radius 1 is 1.07 bits per heavy atom. The number of carbonyl (C=O) groups is 3. The van der Waals surface area contributed by atoms with Gasteiger partial charge in [-0.1, -0.05) is 67.0 Å². The molecule has 4 aliphatic carbocycles. The fraction of sp³-hybridized carbons (Fsp3) is 0.771. The van der Waals surface area contributed by atoms with E-state index in [-0.39, 0.29) is 57.4 Å². The maximum absolute atomic E-state index is 13.5. The number of rotatable bonds is 5. The second kappa shape index (κ2) is 10.1. The van der Waals surface area contributed by atoms with Gasteiger partial charge in [-0.2, -0.15) is 5.26 Å². The van der Waals surface area contributed by atoms with Crippen molar-refractivity contribution in [1.82, 2.24) is 5.32 Å². The Kier molecular flexibility index (Phi) is 7.76. The molecule has 0 aliphatic heterocycles. The molecule has 1 unspecified atom stereocenters. The van der Waals surface area contributed by atoms with Crippen molar-refractivity contribution < 1.29 is 19.1 Å². The van der Waals surface area contributed by atoms with E-state index in [1.165, 1.54) is 0 Å². The first-order valence-corrected chi connectivity index (χ1v) is 15.7. The van der Waals surface area contributed by atoms with Gasteiger partial charge in [0.15, 0.2) is 11.6 Å². The summed E-state index contributed by atoms with van der Waals surface area (Å²) >= 11 is 0. The smallest absolute Gasteiger partial charge is 0.407 e. The zero-order valence-electron chi connectivity index (χ0n) is 27.1. The van der Waals surface area contributed by atoms with Gasteiger partial charge in [0.1, 0.15) is 6.07 Å². The number of nitrogens with zero attached hydrogens (tertiary/aromatic N) is 1. The third-order valence-electron chi connectivity index (χ3n) is 12.2. The normalized spacial score (nSPS) is 39.6. The summed E-state index contributed by atoms with van der Waals surface area (Å²) < 4.78 is 5.57. The van der Waals surface area contributed by atoms with E-state index in [1.54, 1.807) is 0 Å². The average Bonchev–Trinajstić information content (AvgIpc) is 2.83. The molecule has 6 atom stereocenters. The second-order valence-corrected chi connectivity index (χ2v) is 16.2. The van der Waals surface area contributed by atoms with Crippen LogP contribution in [0.5, 0.6) is 0 Å². The van der Waals surface area contributed by atoms with Crippen molar-refractivity contribution in [2.45, 2.75) is 132 Å². The molecule has 4 rings (SSSR count). The maximum Gasteiger partial charge on any atom is 0.407 e. The highest BCUT2D eigenvalue weighted by Crippen LogP contribution is 2.69. The molecule has 6 heteroatoms. The molecule has 0 radical (unpaired) electrons. The summed E-state index contributed by atoms with van der Waals surface area (Å²) in [5.74, 6) is 0.305. The highest BCUT2D eigenvalue weighted by Gasteiger charge is 2.63. The van der Waals surface area contributed by atoms with E-state index < -0.39 is 16.4 Å². The number of Topliss-reactive ketones (excluding diaryl/α,β-unsaturated/α-hetero) is 1. The Balaban J connectivity index is 1.72. The predicted molar refractivity (Wildman–Crippen MR) is 161 cm³/mol. The third-order valence-corrected chi connectivity index (χ3v) is 12.2. The second-order valence-electron chi connectivity index (χ2n) is 16.2. The number of carbonyl (C=O) groups excluding carboxylic acids is 3. The highest BCUT2D eigenvalue weighted by atomic mass is 16.6. The minimum atomic E-state index is -0.678. The summed E-state index contributed by atoms with van der Waals surface area (Å²) in [4.78, 5) is 39.8. The van der Waals surface area contributed by atoms with Crippen molar-refractivity contribution in [2.24, 2.45) is 38.9 Å². The van der Waals surface area contributed by atoms with Crippen molar-refractivity contribution in [2.75, 3.05) is 0 Å². The van der Waals surface area contributed by atoms with Crippen molar-refractivity contribution >= 4 is 17.7 Å². The fourth-order valence-electron chi connectivity index (χ4n) is 9.49. The number of hydrogen-bond donors (Lipinski definition) is 1. The number of allylic oxidation sites excluding steroid dienone is 4. The van der Waals surface area contributed by atoms with E-state index in [0.29, 0.717) is 6.42 Å². The minimum Gasteiger partial charge on any atom is -0.447 e. The summed E-state index contributed by atoms with van der Waals surface area (Å²) in [5.41, 5.74) is -0.749. The van der Waals surface area contributed by atoms with E-state index in [4.69, 9.17) is 4.74 Å². The zero-order valence-corrected chi connectivity index (χ0v) is 27.1. The molecule has 0 aromatic rings. The Hall–Kier alpha value is -2.42. The molecule has 0 aromatic heterocycles. The van der Waals surface area contributed by atoms with Gasteiger partial charge in [0.2, 0.25) is 0 Å². The lowest BCUT2D eigenvalue weighted by atomic mass is 9.40. The van der Waals surface area contributed by atoms with Gasteiger partial charge in [0, 0.05) is 22.8 Å². The molecule has 6 nitrogen and oxygen atoms in total. The first-order valence-electron chi connectivity index (χ1n) is 15.7. The molecular weight excluding hydrogens is 512 g/mol. The highest BCUT2D eigenvalue weighted by molar-refractivity contribution is 6.04. The molecule has 4 aliphatic rings. The molecule has 0 aromatic carbocycles. The van der Waals surface area contributed by atoms with Crippen LogP contribution in [0, 0.1) is 50.2 Å².